The summed E-state index contributed by atoms with van der Waals surface area (Å²) >= 11 is 0. The van der Waals surface area contributed by atoms with Crippen LogP contribution in [0.4, 0.5) is 17.5 Å². The second kappa shape index (κ2) is 7.43. The first-order valence-corrected chi connectivity index (χ1v) is 7.12. The van der Waals surface area contributed by atoms with Crippen molar-refractivity contribution in [3.63, 3.8) is 0 Å². The van der Waals surface area contributed by atoms with Crippen LogP contribution in [0.25, 0.3) is 0 Å². The predicted molar refractivity (Wildman–Crippen MR) is 82.3 cm³/mol. The summed E-state index contributed by atoms with van der Waals surface area (Å²) in [6, 6.07) is 8.16. The smallest absolute Gasteiger partial charge is 0.249 e. The molecular formula is C15H21N5. The highest BCUT2D eigenvalue weighted by molar-refractivity contribution is 5.58. The minimum absolute atomic E-state index is 0.521. The highest BCUT2D eigenvalue weighted by atomic mass is 15.3. The molecule has 20 heavy (non-hydrogen) atoms. The molecule has 1 heterocycles. The molecule has 1 aromatic heterocycles. The fraction of sp³-hybridized carbons (Fsp3) is 0.400. The zero-order valence-electron chi connectivity index (χ0n) is 12.1. The van der Waals surface area contributed by atoms with Gasteiger partial charge in [-0.2, -0.15) is 10.1 Å². The Morgan fingerprint density at radius 1 is 1.15 bits per heavy atom. The molecule has 0 unspecified atom stereocenters. The van der Waals surface area contributed by atoms with Gasteiger partial charge in [0.25, 0.3) is 0 Å². The van der Waals surface area contributed by atoms with Gasteiger partial charge >= 0.3 is 0 Å². The lowest BCUT2D eigenvalue weighted by atomic mass is 10.1. The number of para-hydroxylation sites is 1. The fourth-order valence-corrected chi connectivity index (χ4v) is 1.91. The van der Waals surface area contributed by atoms with E-state index in [9.17, 15) is 0 Å². The Labute approximate surface area is 119 Å². The average molecular weight is 271 g/mol. The molecule has 0 fully saturated rings. The molecule has 2 aromatic rings. The number of aryl methyl sites for hydroxylation is 1. The van der Waals surface area contributed by atoms with Gasteiger partial charge in [0.1, 0.15) is 0 Å². The lowest BCUT2D eigenvalue weighted by Gasteiger charge is -2.10. The molecule has 0 aliphatic rings. The molecule has 1 aromatic carbocycles. The molecule has 0 aliphatic heterocycles. The normalized spacial score (nSPS) is 10.3. The molecule has 0 atom stereocenters. The summed E-state index contributed by atoms with van der Waals surface area (Å²) in [7, 11) is 0. The van der Waals surface area contributed by atoms with Crippen molar-refractivity contribution in [1.29, 1.82) is 0 Å². The minimum Gasteiger partial charge on any atom is -0.369 e. The molecule has 0 amide bonds. The molecule has 0 aliphatic carbocycles. The Morgan fingerprint density at radius 3 is 2.80 bits per heavy atom. The molecular weight excluding hydrogens is 250 g/mol. The van der Waals surface area contributed by atoms with E-state index in [1.165, 1.54) is 5.56 Å². The summed E-state index contributed by atoms with van der Waals surface area (Å²) in [4.78, 5) is 4.42. The van der Waals surface area contributed by atoms with Crippen LogP contribution in [0.5, 0.6) is 0 Å². The van der Waals surface area contributed by atoms with Gasteiger partial charge in [0.2, 0.25) is 5.95 Å². The van der Waals surface area contributed by atoms with Gasteiger partial charge in [0, 0.05) is 12.2 Å². The van der Waals surface area contributed by atoms with Gasteiger partial charge in [0.05, 0.1) is 6.20 Å². The zero-order chi connectivity index (χ0) is 14.2. The van der Waals surface area contributed by atoms with E-state index in [1.807, 2.05) is 18.2 Å². The first kappa shape index (κ1) is 14.2. The standard InChI is InChI=1S/C15H21N5/c1-3-5-10-16-14-11-17-20-15(19-14)18-13-9-7-6-8-12(13)4-2/h6-9,11H,3-5,10H2,1-2H3,(H2,16,18,19,20). The number of hydrogen-bond donors (Lipinski definition) is 2. The van der Waals surface area contributed by atoms with E-state index < -0.39 is 0 Å². The highest BCUT2D eigenvalue weighted by Gasteiger charge is 2.04. The third-order valence-electron chi connectivity index (χ3n) is 3.04. The minimum atomic E-state index is 0.521. The van der Waals surface area contributed by atoms with Crippen LogP contribution in [0.1, 0.15) is 32.3 Å². The second-order valence-electron chi connectivity index (χ2n) is 4.58. The van der Waals surface area contributed by atoms with Crippen molar-refractivity contribution in [2.75, 3.05) is 17.2 Å². The molecule has 0 saturated carbocycles. The van der Waals surface area contributed by atoms with E-state index in [0.717, 1.165) is 37.3 Å². The SMILES string of the molecule is CCCCNc1cnnc(Nc2ccccc2CC)n1. The Bertz CT molecular complexity index is 541. The third kappa shape index (κ3) is 3.91. The molecule has 2 N–H and O–H groups in total. The van der Waals surface area contributed by atoms with Crippen molar-refractivity contribution in [2.45, 2.75) is 33.1 Å². The summed E-state index contributed by atoms with van der Waals surface area (Å²) in [6.45, 7) is 5.19. The highest BCUT2D eigenvalue weighted by Crippen LogP contribution is 2.19. The number of hydrogen-bond acceptors (Lipinski definition) is 5. The van der Waals surface area contributed by atoms with Crippen molar-refractivity contribution in [1.82, 2.24) is 15.2 Å². The first-order chi connectivity index (χ1) is 9.83. The van der Waals surface area contributed by atoms with E-state index in [-0.39, 0.29) is 0 Å². The van der Waals surface area contributed by atoms with Crippen molar-refractivity contribution in [3.05, 3.63) is 36.0 Å². The fourth-order valence-electron chi connectivity index (χ4n) is 1.91. The van der Waals surface area contributed by atoms with Gasteiger partial charge in [-0.05, 0) is 24.5 Å². The Hall–Kier alpha value is -2.17. The molecule has 0 saturated heterocycles. The van der Waals surface area contributed by atoms with Gasteiger partial charge in [-0.1, -0.05) is 38.5 Å². The maximum atomic E-state index is 4.42. The largest absolute Gasteiger partial charge is 0.369 e. The van der Waals surface area contributed by atoms with E-state index in [4.69, 9.17) is 0 Å². The van der Waals surface area contributed by atoms with Gasteiger partial charge in [-0.15, -0.1) is 5.10 Å². The quantitative estimate of drug-likeness (QED) is 0.756. The van der Waals surface area contributed by atoms with Crippen LogP contribution in [0.2, 0.25) is 0 Å². The zero-order valence-corrected chi connectivity index (χ0v) is 12.1. The summed E-state index contributed by atoms with van der Waals surface area (Å²) < 4.78 is 0. The number of rotatable bonds is 7. The number of nitrogens with zero attached hydrogens (tertiary/aromatic N) is 3. The van der Waals surface area contributed by atoms with Crippen LogP contribution in [-0.2, 0) is 6.42 Å². The summed E-state index contributed by atoms with van der Waals surface area (Å²) in [5.41, 5.74) is 2.27. The average Bonchev–Trinajstić information content (AvgIpc) is 2.48. The first-order valence-electron chi connectivity index (χ1n) is 7.12. The molecule has 2 rings (SSSR count). The molecule has 0 bridgehead atoms. The molecule has 5 heteroatoms. The maximum absolute atomic E-state index is 4.42. The van der Waals surface area contributed by atoms with Crippen LogP contribution >= 0.6 is 0 Å². The van der Waals surface area contributed by atoms with Gasteiger partial charge in [0.15, 0.2) is 5.82 Å². The van der Waals surface area contributed by atoms with Crippen LogP contribution in [-0.4, -0.2) is 21.7 Å². The predicted octanol–water partition coefficient (Wildman–Crippen LogP) is 3.39. The van der Waals surface area contributed by atoms with Gasteiger partial charge in [-0.25, -0.2) is 0 Å². The third-order valence-corrected chi connectivity index (χ3v) is 3.04. The lowest BCUT2D eigenvalue weighted by molar-refractivity contribution is 0.827. The molecule has 0 radical (unpaired) electrons. The van der Waals surface area contributed by atoms with Crippen molar-refractivity contribution in [3.8, 4) is 0 Å². The van der Waals surface area contributed by atoms with Crippen LogP contribution < -0.4 is 10.6 Å². The molecule has 5 nitrogen and oxygen atoms in total. The number of nitrogens with one attached hydrogen (secondary N) is 2. The monoisotopic (exact) mass is 271 g/mol. The van der Waals surface area contributed by atoms with E-state index in [1.54, 1.807) is 6.20 Å². The topological polar surface area (TPSA) is 62.7 Å². The van der Waals surface area contributed by atoms with Crippen LogP contribution in [0, 0.1) is 0 Å². The Morgan fingerprint density at radius 2 is 2.00 bits per heavy atom. The van der Waals surface area contributed by atoms with E-state index >= 15 is 0 Å². The van der Waals surface area contributed by atoms with E-state index in [2.05, 4.69) is 45.7 Å². The van der Waals surface area contributed by atoms with Crippen molar-refractivity contribution in [2.24, 2.45) is 0 Å². The summed E-state index contributed by atoms with van der Waals surface area (Å²) in [6.07, 6.45) is 4.88. The summed E-state index contributed by atoms with van der Waals surface area (Å²) in [5.74, 6) is 1.28. The summed E-state index contributed by atoms with van der Waals surface area (Å²) in [5, 5.41) is 14.5. The Balaban J connectivity index is 2.07. The van der Waals surface area contributed by atoms with Crippen LogP contribution in [0.3, 0.4) is 0 Å². The van der Waals surface area contributed by atoms with Gasteiger partial charge < -0.3 is 10.6 Å². The number of benzene rings is 1. The van der Waals surface area contributed by atoms with E-state index in [0.29, 0.717) is 5.95 Å². The lowest BCUT2D eigenvalue weighted by Crippen LogP contribution is -2.07. The number of unbranched alkanes of at least 4 members (excludes halogenated alkanes) is 1. The number of aromatic nitrogens is 3. The van der Waals surface area contributed by atoms with Crippen molar-refractivity contribution < 1.29 is 0 Å². The second-order valence-corrected chi connectivity index (χ2v) is 4.58. The molecule has 106 valence electrons. The van der Waals surface area contributed by atoms with Gasteiger partial charge in [-0.3, -0.25) is 0 Å². The molecule has 0 spiro atoms. The van der Waals surface area contributed by atoms with Crippen LogP contribution in [0.15, 0.2) is 30.5 Å². The Kier molecular flexibility index (Phi) is 5.29. The maximum Gasteiger partial charge on any atom is 0.249 e. The van der Waals surface area contributed by atoms with Crippen molar-refractivity contribution >= 4 is 17.5 Å². The number of anilines is 3.